The molecule has 0 amide bonds. The van der Waals surface area contributed by atoms with Crippen molar-refractivity contribution in [2.45, 2.75) is 18.8 Å². The van der Waals surface area contributed by atoms with Crippen molar-refractivity contribution >= 4 is 45.8 Å². The molecule has 2 aromatic rings. The van der Waals surface area contributed by atoms with Crippen LogP contribution in [0.2, 0.25) is 10.0 Å². The number of halogens is 3. The maximum absolute atomic E-state index is 6.15. The average Bonchev–Trinajstić information content (AvgIpc) is 2.65. The fourth-order valence-corrected chi connectivity index (χ4v) is 2.34. The minimum atomic E-state index is -0.188. The average molecular weight is 308 g/mol. The SMILES string of the molecule is COCCn1c(C(C)Cl)nc2cc(Cl)c(Cl)cc21. The molecule has 3 nitrogen and oxygen atoms in total. The van der Waals surface area contributed by atoms with Gasteiger partial charge in [0.15, 0.2) is 0 Å². The van der Waals surface area contributed by atoms with E-state index in [0.29, 0.717) is 23.2 Å². The number of nitrogens with zero attached hydrogens (tertiary/aromatic N) is 2. The summed E-state index contributed by atoms with van der Waals surface area (Å²) in [6, 6.07) is 3.57. The lowest BCUT2D eigenvalue weighted by molar-refractivity contribution is 0.187. The van der Waals surface area contributed by atoms with Crippen LogP contribution in [0.4, 0.5) is 0 Å². The number of alkyl halides is 1. The summed E-state index contributed by atoms with van der Waals surface area (Å²) >= 11 is 18.2. The maximum atomic E-state index is 6.15. The van der Waals surface area contributed by atoms with Crippen LogP contribution in [0.25, 0.3) is 11.0 Å². The lowest BCUT2D eigenvalue weighted by atomic mass is 10.3. The molecule has 2 rings (SSSR count). The molecule has 0 radical (unpaired) electrons. The molecule has 0 N–H and O–H groups in total. The molecule has 18 heavy (non-hydrogen) atoms. The number of fused-ring (bicyclic) bond motifs is 1. The smallest absolute Gasteiger partial charge is 0.127 e. The van der Waals surface area contributed by atoms with Crippen molar-refractivity contribution < 1.29 is 4.74 Å². The van der Waals surface area contributed by atoms with E-state index < -0.39 is 0 Å². The fraction of sp³-hybridized carbons (Fsp3) is 0.417. The Balaban J connectivity index is 2.61. The standard InChI is InChI=1S/C12H13Cl3N2O/c1-7(13)12-16-10-5-8(14)9(15)6-11(10)17(12)3-4-18-2/h5-7H,3-4H2,1-2H3. The van der Waals surface area contributed by atoms with E-state index in [-0.39, 0.29) is 5.38 Å². The van der Waals surface area contributed by atoms with Crippen molar-refractivity contribution in [2.24, 2.45) is 0 Å². The van der Waals surface area contributed by atoms with Gasteiger partial charge in [-0.3, -0.25) is 0 Å². The lowest BCUT2D eigenvalue weighted by Crippen LogP contribution is -2.08. The van der Waals surface area contributed by atoms with Gasteiger partial charge in [-0.15, -0.1) is 11.6 Å². The Bertz CT molecular complexity index is 566. The Morgan fingerprint density at radius 2 is 2.00 bits per heavy atom. The molecule has 0 bridgehead atoms. The van der Waals surface area contributed by atoms with E-state index >= 15 is 0 Å². The highest BCUT2D eigenvalue weighted by molar-refractivity contribution is 6.42. The van der Waals surface area contributed by atoms with Gasteiger partial charge in [0, 0.05) is 13.7 Å². The van der Waals surface area contributed by atoms with Crippen molar-refractivity contribution in [3.63, 3.8) is 0 Å². The molecule has 1 aromatic carbocycles. The quantitative estimate of drug-likeness (QED) is 0.788. The molecule has 0 aliphatic carbocycles. The first-order valence-corrected chi connectivity index (χ1v) is 6.72. The van der Waals surface area contributed by atoms with Gasteiger partial charge >= 0.3 is 0 Å². The first kappa shape index (κ1) is 13.9. The third kappa shape index (κ3) is 2.59. The molecule has 6 heteroatoms. The zero-order valence-electron chi connectivity index (χ0n) is 10.1. The van der Waals surface area contributed by atoms with Crippen LogP contribution in [0, 0.1) is 0 Å². The second-order valence-electron chi connectivity index (χ2n) is 3.99. The van der Waals surface area contributed by atoms with E-state index in [4.69, 9.17) is 39.5 Å². The number of aromatic nitrogens is 2. The molecule has 0 fully saturated rings. The highest BCUT2D eigenvalue weighted by Gasteiger charge is 2.16. The maximum Gasteiger partial charge on any atom is 0.127 e. The van der Waals surface area contributed by atoms with Gasteiger partial charge in [-0.05, 0) is 19.1 Å². The molecule has 0 spiro atoms. The Hall–Kier alpha value is -0.480. The Kier molecular flexibility index (Phi) is 4.38. The van der Waals surface area contributed by atoms with E-state index in [1.54, 1.807) is 13.2 Å². The Morgan fingerprint density at radius 1 is 1.33 bits per heavy atom. The van der Waals surface area contributed by atoms with Crippen molar-refractivity contribution in [1.29, 1.82) is 0 Å². The van der Waals surface area contributed by atoms with Crippen LogP contribution in [0.15, 0.2) is 12.1 Å². The van der Waals surface area contributed by atoms with E-state index in [0.717, 1.165) is 16.9 Å². The van der Waals surface area contributed by atoms with Crippen LogP contribution in [-0.4, -0.2) is 23.3 Å². The monoisotopic (exact) mass is 306 g/mol. The largest absolute Gasteiger partial charge is 0.383 e. The van der Waals surface area contributed by atoms with E-state index in [2.05, 4.69) is 4.98 Å². The molecular weight excluding hydrogens is 295 g/mol. The van der Waals surface area contributed by atoms with Crippen LogP contribution in [0.3, 0.4) is 0 Å². The van der Waals surface area contributed by atoms with Crippen molar-refractivity contribution in [2.75, 3.05) is 13.7 Å². The molecule has 0 aliphatic heterocycles. The Morgan fingerprint density at radius 3 is 2.61 bits per heavy atom. The lowest BCUT2D eigenvalue weighted by Gasteiger charge is -2.09. The summed E-state index contributed by atoms with van der Waals surface area (Å²) in [6.07, 6.45) is 0. The number of benzene rings is 1. The van der Waals surface area contributed by atoms with Crippen molar-refractivity contribution in [3.05, 3.63) is 28.0 Å². The molecule has 0 saturated heterocycles. The first-order chi connectivity index (χ1) is 8.54. The molecule has 1 unspecified atom stereocenters. The molecule has 98 valence electrons. The van der Waals surface area contributed by atoms with Gasteiger partial charge in [-0.25, -0.2) is 4.98 Å². The van der Waals surface area contributed by atoms with E-state index in [1.807, 2.05) is 17.6 Å². The minimum Gasteiger partial charge on any atom is -0.383 e. The normalized spacial score (nSPS) is 13.2. The van der Waals surface area contributed by atoms with Gasteiger partial charge in [0.05, 0.1) is 33.1 Å². The third-order valence-corrected chi connectivity index (χ3v) is 3.61. The summed E-state index contributed by atoms with van der Waals surface area (Å²) in [5.74, 6) is 0.794. The summed E-state index contributed by atoms with van der Waals surface area (Å²) in [5, 5.41) is 0.817. The molecule has 0 saturated carbocycles. The second-order valence-corrected chi connectivity index (χ2v) is 5.45. The number of imidazole rings is 1. The second kappa shape index (κ2) is 5.66. The summed E-state index contributed by atoms with van der Waals surface area (Å²) in [7, 11) is 1.66. The number of ether oxygens (including phenoxy) is 1. The van der Waals surface area contributed by atoms with Gasteiger partial charge in [0.1, 0.15) is 5.82 Å². The summed E-state index contributed by atoms with van der Waals surface area (Å²) in [4.78, 5) is 4.50. The predicted octanol–water partition coefficient (Wildman–Crippen LogP) is 4.29. The van der Waals surface area contributed by atoms with Gasteiger partial charge in [-0.2, -0.15) is 0 Å². The number of hydrogen-bond acceptors (Lipinski definition) is 2. The highest BCUT2D eigenvalue weighted by Crippen LogP contribution is 2.30. The predicted molar refractivity (Wildman–Crippen MR) is 75.9 cm³/mol. The van der Waals surface area contributed by atoms with Crippen molar-refractivity contribution in [3.8, 4) is 0 Å². The Labute approximate surface area is 121 Å². The summed E-state index contributed by atoms with van der Waals surface area (Å²) in [5.41, 5.74) is 1.71. The molecule has 1 atom stereocenters. The zero-order valence-corrected chi connectivity index (χ0v) is 12.4. The minimum absolute atomic E-state index is 0.188. The topological polar surface area (TPSA) is 27.1 Å². The molecular formula is C12H13Cl3N2O. The van der Waals surface area contributed by atoms with Crippen molar-refractivity contribution in [1.82, 2.24) is 9.55 Å². The van der Waals surface area contributed by atoms with Crippen LogP contribution < -0.4 is 0 Å². The van der Waals surface area contributed by atoms with Gasteiger partial charge in [0.2, 0.25) is 0 Å². The van der Waals surface area contributed by atoms with Crippen LogP contribution in [0.5, 0.6) is 0 Å². The molecule has 1 aromatic heterocycles. The summed E-state index contributed by atoms with van der Waals surface area (Å²) in [6.45, 7) is 3.15. The van der Waals surface area contributed by atoms with Crippen LogP contribution in [0.1, 0.15) is 18.1 Å². The van der Waals surface area contributed by atoms with Crippen LogP contribution in [-0.2, 0) is 11.3 Å². The highest BCUT2D eigenvalue weighted by atomic mass is 35.5. The number of hydrogen-bond donors (Lipinski definition) is 0. The first-order valence-electron chi connectivity index (χ1n) is 5.52. The van der Waals surface area contributed by atoms with Gasteiger partial charge in [0.25, 0.3) is 0 Å². The van der Waals surface area contributed by atoms with Gasteiger partial charge < -0.3 is 9.30 Å². The fourth-order valence-electron chi connectivity index (χ4n) is 1.86. The number of methoxy groups -OCH3 is 1. The zero-order chi connectivity index (χ0) is 13.3. The van der Waals surface area contributed by atoms with Gasteiger partial charge in [-0.1, -0.05) is 23.2 Å². The number of rotatable bonds is 4. The summed E-state index contributed by atoms with van der Waals surface area (Å²) < 4.78 is 7.11. The van der Waals surface area contributed by atoms with E-state index in [9.17, 15) is 0 Å². The third-order valence-electron chi connectivity index (χ3n) is 2.69. The molecule has 0 aliphatic rings. The van der Waals surface area contributed by atoms with Crippen LogP contribution >= 0.6 is 34.8 Å². The molecule has 1 heterocycles. The van der Waals surface area contributed by atoms with E-state index in [1.165, 1.54) is 0 Å².